The number of carbonyl (C=O) groups is 1. The van der Waals surface area contributed by atoms with Gasteiger partial charge in [-0.1, -0.05) is 15.9 Å². The fourth-order valence-corrected chi connectivity index (χ4v) is 2.34. The SMILES string of the molecule is CC1OCCC1(O)CNC(=O)c1ccc(Br)cc1F. The van der Waals surface area contributed by atoms with Gasteiger partial charge in [-0.15, -0.1) is 0 Å². The van der Waals surface area contributed by atoms with E-state index in [0.29, 0.717) is 17.5 Å². The summed E-state index contributed by atoms with van der Waals surface area (Å²) in [5.41, 5.74) is -1.13. The number of hydrogen-bond donors (Lipinski definition) is 2. The van der Waals surface area contributed by atoms with E-state index in [0.717, 1.165) is 0 Å². The third-order valence-electron chi connectivity index (χ3n) is 3.39. The van der Waals surface area contributed by atoms with Crippen molar-refractivity contribution in [3.8, 4) is 0 Å². The van der Waals surface area contributed by atoms with Gasteiger partial charge in [-0.2, -0.15) is 0 Å². The van der Waals surface area contributed by atoms with Gasteiger partial charge in [-0.25, -0.2) is 4.39 Å². The van der Waals surface area contributed by atoms with Crippen LogP contribution in [0.1, 0.15) is 23.7 Å². The number of ether oxygens (including phenoxy) is 1. The lowest BCUT2D eigenvalue weighted by atomic mass is 9.96. The molecule has 2 N–H and O–H groups in total. The van der Waals surface area contributed by atoms with Crippen molar-refractivity contribution in [2.75, 3.05) is 13.2 Å². The molecule has 19 heavy (non-hydrogen) atoms. The molecular weight excluding hydrogens is 317 g/mol. The lowest BCUT2D eigenvalue weighted by Gasteiger charge is -2.26. The number of aliphatic hydroxyl groups is 1. The number of hydrogen-bond acceptors (Lipinski definition) is 3. The average Bonchev–Trinajstić information content (AvgIpc) is 2.67. The number of carbonyl (C=O) groups excluding carboxylic acids is 1. The molecule has 1 heterocycles. The Morgan fingerprint density at radius 1 is 1.68 bits per heavy atom. The van der Waals surface area contributed by atoms with E-state index in [-0.39, 0.29) is 18.2 Å². The van der Waals surface area contributed by atoms with Crippen LogP contribution in [0.4, 0.5) is 4.39 Å². The fourth-order valence-electron chi connectivity index (χ4n) is 2.01. The van der Waals surface area contributed by atoms with Crippen LogP contribution in [0.25, 0.3) is 0 Å². The first kappa shape index (κ1) is 14.4. The van der Waals surface area contributed by atoms with Gasteiger partial charge in [0, 0.05) is 24.0 Å². The highest BCUT2D eigenvalue weighted by Gasteiger charge is 2.39. The number of rotatable bonds is 3. The summed E-state index contributed by atoms with van der Waals surface area (Å²) >= 11 is 3.13. The Morgan fingerprint density at radius 3 is 3.00 bits per heavy atom. The molecule has 2 rings (SSSR count). The van der Waals surface area contributed by atoms with Crippen LogP contribution in [0, 0.1) is 5.82 Å². The van der Waals surface area contributed by atoms with E-state index in [4.69, 9.17) is 4.74 Å². The Labute approximate surface area is 119 Å². The van der Waals surface area contributed by atoms with Crippen molar-refractivity contribution in [2.45, 2.75) is 25.0 Å². The Bertz CT molecular complexity index is 497. The number of nitrogens with one attached hydrogen (secondary N) is 1. The first-order chi connectivity index (χ1) is 8.92. The summed E-state index contributed by atoms with van der Waals surface area (Å²) in [6, 6.07) is 4.21. The first-order valence-corrected chi connectivity index (χ1v) is 6.79. The summed E-state index contributed by atoms with van der Waals surface area (Å²) in [6.45, 7) is 2.25. The van der Waals surface area contributed by atoms with Gasteiger partial charge in [-0.3, -0.25) is 4.79 Å². The smallest absolute Gasteiger partial charge is 0.254 e. The summed E-state index contributed by atoms with van der Waals surface area (Å²) in [5.74, 6) is -1.15. The van der Waals surface area contributed by atoms with Gasteiger partial charge in [0.15, 0.2) is 0 Å². The highest BCUT2D eigenvalue weighted by molar-refractivity contribution is 9.10. The summed E-state index contributed by atoms with van der Waals surface area (Å²) in [5, 5.41) is 12.8. The molecule has 0 radical (unpaired) electrons. The zero-order chi connectivity index (χ0) is 14.0. The van der Waals surface area contributed by atoms with Crippen molar-refractivity contribution < 1.29 is 19.0 Å². The molecule has 1 aliphatic heterocycles. The van der Waals surface area contributed by atoms with Crippen LogP contribution in [-0.2, 0) is 4.74 Å². The molecule has 0 spiro atoms. The maximum absolute atomic E-state index is 13.6. The van der Waals surface area contributed by atoms with E-state index < -0.39 is 17.3 Å². The third kappa shape index (κ3) is 3.13. The fraction of sp³-hybridized carbons (Fsp3) is 0.462. The average molecular weight is 332 g/mol. The summed E-state index contributed by atoms with van der Waals surface area (Å²) in [6.07, 6.45) is 0.111. The van der Waals surface area contributed by atoms with Gasteiger partial charge in [0.1, 0.15) is 11.4 Å². The molecule has 2 unspecified atom stereocenters. The third-order valence-corrected chi connectivity index (χ3v) is 3.88. The predicted molar refractivity (Wildman–Crippen MR) is 71.4 cm³/mol. The summed E-state index contributed by atoms with van der Waals surface area (Å²) in [7, 11) is 0. The molecule has 1 aromatic carbocycles. The van der Waals surface area contributed by atoms with E-state index in [1.54, 1.807) is 13.0 Å². The van der Waals surface area contributed by atoms with Crippen molar-refractivity contribution in [1.82, 2.24) is 5.32 Å². The van der Waals surface area contributed by atoms with Crippen LogP contribution in [0.3, 0.4) is 0 Å². The second kappa shape index (κ2) is 5.56. The largest absolute Gasteiger partial charge is 0.385 e. The maximum atomic E-state index is 13.6. The zero-order valence-electron chi connectivity index (χ0n) is 10.5. The molecule has 0 aromatic heterocycles. The zero-order valence-corrected chi connectivity index (χ0v) is 12.0. The van der Waals surface area contributed by atoms with Gasteiger partial charge in [-0.05, 0) is 25.1 Å². The molecule has 104 valence electrons. The molecule has 0 bridgehead atoms. The van der Waals surface area contributed by atoms with E-state index in [1.165, 1.54) is 12.1 Å². The van der Waals surface area contributed by atoms with E-state index in [1.807, 2.05) is 0 Å². The highest BCUT2D eigenvalue weighted by Crippen LogP contribution is 2.25. The highest BCUT2D eigenvalue weighted by atomic mass is 79.9. The molecule has 1 aromatic rings. The van der Waals surface area contributed by atoms with Crippen LogP contribution in [0.15, 0.2) is 22.7 Å². The quantitative estimate of drug-likeness (QED) is 0.888. The summed E-state index contributed by atoms with van der Waals surface area (Å²) < 4.78 is 19.4. The van der Waals surface area contributed by atoms with Gasteiger partial charge in [0.2, 0.25) is 0 Å². The normalized spacial score (nSPS) is 26.4. The lowest BCUT2D eigenvalue weighted by molar-refractivity contribution is -0.0251. The van der Waals surface area contributed by atoms with Gasteiger partial charge >= 0.3 is 0 Å². The number of benzene rings is 1. The second-order valence-electron chi connectivity index (χ2n) is 4.67. The van der Waals surface area contributed by atoms with Crippen molar-refractivity contribution in [2.24, 2.45) is 0 Å². The molecule has 1 amide bonds. The van der Waals surface area contributed by atoms with Crippen molar-refractivity contribution in [1.29, 1.82) is 0 Å². The molecule has 1 saturated heterocycles. The number of amides is 1. The van der Waals surface area contributed by atoms with Crippen molar-refractivity contribution in [3.05, 3.63) is 34.1 Å². The van der Waals surface area contributed by atoms with Crippen LogP contribution in [0.5, 0.6) is 0 Å². The van der Waals surface area contributed by atoms with Gasteiger partial charge < -0.3 is 15.2 Å². The van der Waals surface area contributed by atoms with E-state index >= 15 is 0 Å². The summed E-state index contributed by atoms with van der Waals surface area (Å²) in [4.78, 5) is 11.9. The van der Waals surface area contributed by atoms with Gasteiger partial charge in [0.05, 0.1) is 11.7 Å². The first-order valence-electron chi connectivity index (χ1n) is 5.99. The molecule has 1 aliphatic rings. The van der Waals surface area contributed by atoms with E-state index in [9.17, 15) is 14.3 Å². The van der Waals surface area contributed by atoms with Crippen molar-refractivity contribution in [3.63, 3.8) is 0 Å². The van der Waals surface area contributed by atoms with E-state index in [2.05, 4.69) is 21.2 Å². The Balaban J connectivity index is 2.02. The molecule has 4 nitrogen and oxygen atoms in total. The Hall–Kier alpha value is -0.980. The predicted octanol–water partition coefficient (Wildman–Crippen LogP) is 1.86. The maximum Gasteiger partial charge on any atom is 0.254 e. The Kier molecular flexibility index (Phi) is 4.23. The molecule has 1 fully saturated rings. The topological polar surface area (TPSA) is 58.6 Å². The monoisotopic (exact) mass is 331 g/mol. The molecule has 2 atom stereocenters. The Morgan fingerprint density at radius 2 is 2.42 bits per heavy atom. The minimum atomic E-state index is -1.08. The molecule has 0 saturated carbocycles. The molecule has 6 heteroatoms. The second-order valence-corrected chi connectivity index (χ2v) is 5.59. The van der Waals surface area contributed by atoms with Crippen LogP contribution in [0.2, 0.25) is 0 Å². The van der Waals surface area contributed by atoms with Crippen LogP contribution < -0.4 is 5.32 Å². The molecule has 0 aliphatic carbocycles. The van der Waals surface area contributed by atoms with Gasteiger partial charge in [0.25, 0.3) is 5.91 Å². The molecular formula is C13H15BrFNO3. The van der Waals surface area contributed by atoms with Crippen LogP contribution in [-0.4, -0.2) is 35.9 Å². The minimum Gasteiger partial charge on any atom is -0.385 e. The number of halogens is 2. The minimum absolute atomic E-state index is 0.0432. The lowest BCUT2D eigenvalue weighted by Crippen LogP contribution is -2.47. The standard InChI is InChI=1S/C13H15BrFNO3/c1-8-13(18,4-5-19-8)7-16-12(17)10-3-2-9(14)6-11(10)15/h2-3,6,8,18H,4-5,7H2,1H3,(H,16,17). The van der Waals surface area contributed by atoms with Crippen molar-refractivity contribution >= 4 is 21.8 Å². The van der Waals surface area contributed by atoms with Crippen LogP contribution >= 0.6 is 15.9 Å².